The molecule has 3 heteroatoms. The van der Waals surface area contributed by atoms with Crippen LogP contribution in [-0.4, -0.2) is 19.2 Å². The number of unbranched alkanes of at least 4 members (excludes halogenated alkanes) is 6. The van der Waals surface area contributed by atoms with Crippen molar-refractivity contribution in [2.45, 2.75) is 72.6 Å². The fourth-order valence-electron chi connectivity index (χ4n) is 3.04. The molecule has 0 N–H and O–H groups in total. The fourth-order valence-corrected chi connectivity index (χ4v) is 3.04. The lowest BCUT2D eigenvalue weighted by atomic mass is 10.1. The van der Waals surface area contributed by atoms with Crippen molar-refractivity contribution in [3.8, 4) is 5.75 Å². The van der Waals surface area contributed by atoms with Crippen LogP contribution in [0.5, 0.6) is 5.75 Å². The molecule has 170 valence electrons. The van der Waals surface area contributed by atoms with Gasteiger partial charge in [-0.3, -0.25) is 0 Å². The average molecular weight is 425 g/mol. The standard InChI is InChI=1S/C28H40O3/c1-5-7-8-9-10-11-14-22-31-27-19-13-12-18-26(27)21-20-24(3)16-15-17-25(4)23-28(29)30-6-2/h12-13,15-21,23H,5-11,14,22H2,1-4H3. The largest absolute Gasteiger partial charge is 0.493 e. The van der Waals surface area contributed by atoms with Crippen LogP contribution >= 0.6 is 0 Å². The average Bonchev–Trinajstić information content (AvgIpc) is 2.75. The monoisotopic (exact) mass is 424 g/mol. The summed E-state index contributed by atoms with van der Waals surface area (Å²) in [7, 11) is 0. The predicted octanol–water partition coefficient (Wildman–Crippen LogP) is 7.84. The highest BCUT2D eigenvalue weighted by molar-refractivity contribution is 5.83. The number of hydrogen-bond donors (Lipinski definition) is 0. The van der Waals surface area contributed by atoms with E-state index in [-0.39, 0.29) is 5.97 Å². The highest BCUT2D eigenvalue weighted by Gasteiger charge is 2.00. The summed E-state index contributed by atoms with van der Waals surface area (Å²) in [4.78, 5) is 11.4. The Morgan fingerprint density at radius 2 is 1.61 bits per heavy atom. The molecule has 0 aromatic heterocycles. The minimum atomic E-state index is -0.307. The van der Waals surface area contributed by atoms with Gasteiger partial charge in [-0.05, 0) is 38.8 Å². The van der Waals surface area contributed by atoms with Gasteiger partial charge in [0.25, 0.3) is 0 Å². The maximum absolute atomic E-state index is 11.4. The third kappa shape index (κ3) is 13.4. The van der Waals surface area contributed by atoms with Crippen LogP contribution in [0.15, 0.2) is 65.8 Å². The van der Waals surface area contributed by atoms with Crippen LogP contribution in [0.2, 0.25) is 0 Å². The van der Waals surface area contributed by atoms with E-state index in [1.165, 1.54) is 44.6 Å². The Kier molecular flexibility index (Phi) is 14.7. The van der Waals surface area contributed by atoms with Crippen molar-refractivity contribution < 1.29 is 14.3 Å². The van der Waals surface area contributed by atoms with Crippen molar-refractivity contribution in [1.82, 2.24) is 0 Å². The number of carbonyl (C=O) groups is 1. The molecule has 1 rings (SSSR count). The molecule has 1 aromatic carbocycles. The molecule has 0 fully saturated rings. The quantitative estimate of drug-likeness (QED) is 0.124. The SMILES string of the molecule is CCCCCCCCCOc1ccccc1C=CC(C)=CC=CC(C)=CC(=O)OCC. The second kappa shape index (κ2) is 17.2. The van der Waals surface area contributed by atoms with Gasteiger partial charge in [0.1, 0.15) is 5.75 Å². The van der Waals surface area contributed by atoms with E-state index >= 15 is 0 Å². The van der Waals surface area contributed by atoms with Gasteiger partial charge in [-0.15, -0.1) is 0 Å². The number of allylic oxidation sites excluding steroid dienone is 6. The van der Waals surface area contributed by atoms with Crippen LogP contribution in [0.25, 0.3) is 6.08 Å². The van der Waals surface area contributed by atoms with Gasteiger partial charge < -0.3 is 9.47 Å². The molecular formula is C28H40O3. The van der Waals surface area contributed by atoms with Crippen molar-refractivity contribution in [1.29, 1.82) is 0 Å². The summed E-state index contributed by atoms with van der Waals surface area (Å²) in [5.41, 5.74) is 3.05. The van der Waals surface area contributed by atoms with Crippen LogP contribution in [0.3, 0.4) is 0 Å². The van der Waals surface area contributed by atoms with Gasteiger partial charge in [0.05, 0.1) is 13.2 Å². The van der Waals surface area contributed by atoms with Gasteiger partial charge in [-0.1, -0.05) is 99.6 Å². The van der Waals surface area contributed by atoms with E-state index < -0.39 is 0 Å². The lowest BCUT2D eigenvalue weighted by molar-refractivity contribution is -0.137. The van der Waals surface area contributed by atoms with Gasteiger partial charge in [-0.25, -0.2) is 4.79 Å². The Bertz CT molecular complexity index is 753. The Labute approximate surface area is 189 Å². The minimum absolute atomic E-state index is 0.307. The Balaban J connectivity index is 2.51. The van der Waals surface area contributed by atoms with Gasteiger partial charge in [0, 0.05) is 11.6 Å². The molecule has 0 saturated heterocycles. The zero-order chi connectivity index (χ0) is 22.7. The highest BCUT2D eigenvalue weighted by atomic mass is 16.5. The molecule has 0 amide bonds. The predicted molar refractivity (Wildman–Crippen MR) is 132 cm³/mol. The summed E-state index contributed by atoms with van der Waals surface area (Å²) in [5, 5.41) is 0. The number of esters is 1. The van der Waals surface area contributed by atoms with Crippen molar-refractivity contribution in [2.24, 2.45) is 0 Å². The topological polar surface area (TPSA) is 35.5 Å². The molecule has 3 nitrogen and oxygen atoms in total. The second-order valence-electron chi connectivity index (χ2n) is 7.75. The first-order valence-corrected chi connectivity index (χ1v) is 11.7. The van der Waals surface area contributed by atoms with Crippen LogP contribution in [0.4, 0.5) is 0 Å². The van der Waals surface area contributed by atoms with Crippen molar-refractivity contribution in [3.63, 3.8) is 0 Å². The number of hydrogen-bond acceptors (Lipinski definition) is 3. The number of benzene rings is 1. The summed E-state index contributed by atoms with van der Waals surface area (Å²) in [5.74, 6) is 0.625. The number of para-hydroxylation sites is 1. The Morgan fingerprint density at radius 3 is 2.35 bits per heavy atom. The zero-order valence-electron chi connectivity index (χ0n) is 19.9. The summed E-state index contributed by atoms with van der Waals surface area (Å²) in [6.07, 6.45) is 20.5. The molecule has 31 heavy (non-hydrogen) atoms. The van der Waals surface area contributed by atoms with Crippen LogP contribution in [-0.2, 0) is 9.53 Å². The molecular weight excluding hydrogens is 384 g/mol. The second-order valence-corrected chi connectivity index (χ2v) is 7.75. The lowest BCUT2D eigenvalue weighted by Crippen LogP contribution is -1.99. The Hall–Kier alpha value is -2.55. The normalized spacial score (nSPS) is 12.6. The highest BCUT2D eigenvalue weighted by Crippen LogP contribution is 2.21. The zero-order valence-corrected chi connectivity index (χ0v) is 19.9. The fraction of sp³-hybridized carbons (Fsp3) is 0.464. The van der Waals surface area contributed by atoms with Crippen molar-refractivity contribution in [3.05, 3.63) is 71.4 Å². The third-order valence-electron chi connectivity index (χ3n) is 4.80. The number of rotatable bonds is 15. The van der Waals surface area contributed by atoms with Crippen molar-refractivity contribution in [2.75, 3.05) is 13.2 Å². The maximum Gasteiger partial charge on any atom is 0.330 e. The summed E-state index contributed by atoms with van der Waals surface area (Å²) in [6, 6.07) is 8.15. The van der Waals surface area contributed by atoms with E-state index in [4.69, 9.17) is 9.47 Å². The molecule has 0 unspecified atom stereocenters. The summed E-state index contributed by atoms with van der Waals surface area (Å²) >= 11 is 0. The molecule has 0 saturated carbocycles. The molecule has 0 atom stereocenters. The molecule has 0 spiro atoms. The van der Waals surface area contributed by atoms with Gasteiger partial charge in [0.2, 0.25) is 0 Å². The molecule has 0 aliphatic carbocycles. The number of carbonyl (C=O) groups excluding carboxylic acids is 1. The first-order valence-electron chi connectivity index (χ1n) is 11.7. The number of ether oxygens (including phenoxy) is 2. The molecule has 1 aromatic rings. The van der Waals surface area contributed by atoms with Crippen molar-refractivity contribution >= 4 is 12.0 Å². The molecule has 0 bridgehead atoms. The molecule has 0 radical (unpaired) electrons. The molecule has 0 heterocycles. The summed E-state index contributed by atoms with van der Waals surface area (Å²) in [6.45, 7) is 9.13. The molecule has 0 aliphatic heterocycles. The van der Waals surface area contributed by atoms with Crippen LogP contribution in [0.1, 0.15) is 78.2 Å². The maximum atomic E-state index is 11.4. The first-order chi connectivity index (χ1) is 15.1. The minimum Gasteiger partial charge on any atom is -0.493 e. The van der Waals surface area contributed by atoms with E-state index in [0.29, 0.717) is 6.61 Å². The van der Waals surface area contributed by atoms with Gasteiger partial charge >= 0.3 is 5.97 Å². The smallest absolute Gasteiger partial charge is 0.330 e. The van der Waals surface area contributed by atoms with Gasteiger partial charge in [-0.2, -0.15) is 0 Å². The van der Waals surface area contributed by atoms with Crippen LogP contribution < -0.4 is 4.74 Å². The lowest BCUT2D eigenvalue weighted by Gasteiger charge is -2.09. The first kappa shape index (κ1) is 26.5. The van der Waals surface area contributed by atoms with Crippen LogP contribution in [0, 0.1) is 0 Å². The van der Waals surface area contributed by atoms with E-state index in [9.17, 15) is 4.79 Å². The van der Waals surface area contributed by atoms with Gasteiger partial charge in [0.15, 0.2) is 0 Å². The molecule has 0 aliphatic rings. The third-order valence-corrected chi connectivity index (χ3v) is 4.80. The summed E-state index contributed by atoms with van der Waals surface area (Å²) < 4.78 is 10.9. The van der Waals surface area contributed by atoms with E-state index in [0.717, 1.165) is 35.5 Å². The van der Waals surface area contributed by atoms with E-state index in [1.54, 1.807) is 6.92 Å². The van der Waals surface area contributed by atoms with E-state index in [2.05, 4.69) is 25.1 Å². The Morgan fingerprint density at radius 1 is 0.903 bits per heavy atom. The van der Waals surface area contributed by atoms with E-state index in [1.807, 2.05) is 50.3 Å².